The number of nitro groups is 1. The molecular formula is C31H21NO8. The molecule has 4 rings (SSSR count). The number of rotatable bonds is 11. The van der Waals surface area contributed by atoms with Crippen LogP contribution in [0.1, 0.15) is 64.3 Å². The van der Waals surface area contributed by atoms with Gasteiger partial charge in [0.15, 0.2) is 18.2 Å². The number of nitrogens with zero attached hydrogens (tertiary/aromatic N) is 1. The van der Waals surface area contributed by atoms with E-state index in [2.05, 4.69) is 0 Å². The quantitative estimate of drug-likeness (QED) is 0.108. The van der Waals surface area contributed by atoms with Crippen molar-refractivity contribution >= 4 is 34.6 Å². The Hall–Kier alpha value is -5.57. The summed E-state index contributed by atoms with van der Waals surface area (Å²) in [6.07, 6.45) is 0. The van der Waals surface area contributed by atoms with Crippen LogP contribution < -0.4 is 4.74 Å². The molecule has 0 aliphatic carbocycles. The van der Waals surface area contributed by atoms with E-state index >= 15 is 0 Å². The molecule has 0 saturated heterocycles. The maximum absolute atomic E-state index is 13.8. The monoisotopic (exact) mass is 535 g/mol. The molecule has 0 amide bonds. The standard InChI is InChI=1S/C31H21NO8/c1-19(33)23-17-24(31(37)30(36)21-13-7-3-8-14-21)26(29(35)20-11-5-2-6-12-20)27(28(23)32(38)39)25(34)18-40-22-15-9-4-10-16-22/h2-17H,18H2,1H3. The van der Waals surface area contributed by atoms with Crippen molar-refractivity contribution in [3.05, 3.63) is 141 Å². The van der Waals surface area contributed by atoms with E-state index in [1.54, 1.807) is 42.5 Å². The molecule has 0 aromatic heterocycles. The van der Waals surface area contributed by atoms with Gasteiger partial charge in [-0.2, -0.15) is 0 Å². The molecule has 4 aromatic rings. The first-order chi connectivity index (χ1) is 19.2. The molecular weight excluding hydrogens is 514 g/mol. The fourth-order valence-corrected chi connectivity index (χ4v) is 4.13. The van der Waals surface area contributed by atoms with Crippen LogP contribution in [-0.4, -0.2) is 40.4 Å². The number of hydrogen-bond donors (Lipinski definition) is 0. The van der Waals surface area contributed by atoms with Crippen LogP contribution in [-0.2, 0) is 0 Å². The van der Waals surface area contributed by atoms with Gasteiger partial charge >= 0.3 is 0 Å². The van der Waals surface area contributed by atoms with E-state index in [9.17, 15) is 34.1 Å². The van der Waals surface area contributed by atoms with Crippen molar-refractivity contribution in [3.8, 4) is 5.75 Å². The highest BCUT2D eigenvalue weighted by Crippen LogP contribution is 2.34. The first-order valence-electron chi connectivity index (χ1n) is 12.0. The van der Waals surface area contributed by atoms with E-state index in [-0.39, 0.29) is 16.9 Å². The highest BCUT2D eigenvalue weighted by atomic mass is 16.6. The van der Waals surface area contributed by atoms with Crippen molar-refractivity contribution in [2.24, 2.45) is 0 Å². The Bertz CT molecular complexity index is 1650. The zero-order valence-corrected chi connectivity index (χ0v) is 21.2. The average Bonchev–Trinajstić information content (AvgIpc) is 2.98. The van der Waals surface area contributed by atoms with Crippen molar-refractivity contribution in [1.82, 2.24) is 0 Å². The molecule has 0 aliphatic heterocycles. The van der Waals surface area contributed by atoms with Gasteiger partial charge in [-0.25, -0.2) is 0 Å². The molecule has 198 valence electrons. The zero-order valence-electron chi connectivity index (χ0n) is 21.2. The lowest BCUT2D eigenvalue weighted by atomic mass is 9.84. The van der Waals surface area contributed by atoms with Crippen LogP contribution in [0.3, 0.4) is 0 Å². The molecule has 9 nitrogen and oxygen atoms in total. The third-order valence-corrected chi connectivity index (χ3v) is 6.00. The molecule has 0 heterocycles. The summed E-state index contributed by atoms with van der Waals surface area (Å²) < 4.78 is 5.49. The van der Waals surface area contributed by atoms with Crippen molar-refractivity contribution in [1.29, 1.82) is 0 Å². The van der Waals surface area contributed by atoms with Crippen LogP contribution in [0.2, 0.25) is 0 Å². The molecule has 0 aliphatic rings. The number of carbonyl (C=O) groups is 5. The van der Waals surface area contributed by atoms with Crippen LogP contribution in [0.5, 0.6) is 5.75 Å². The molecule has 0 bridgehead atoms. The lowest BCUT2D eigenvalue weighted by Gasteiger charge is -2.16. The highest BCUT2D eigenvalue weighted by molar-refractivity contribution is 6.51. The lowest BCUT2D eigenvalue weighted by Crippen LogP contribution is -2.25. The number of ketones is 5. The molecule has 40 heavy (non-hydrogen) atoms. The van der Waals surface area contributed by atoms with E-state index in [1.807, 2.05) is 0 Å². The minimum atomic E-state index is -1.21. The predicted octanol–water partition coefficient (Wildman–Crippen LogP) is 5.36. The summed E-state index contributed by atoms with van der Waals surface area (Å²) in [7, 11) is 0. The van der Waals surface area contributed by atoms with Gasteiger partial charge in [0.2, 0.25) is 17.3 Å². The summed E-state index contributed by atoms with van der Waals surface area (Å²) in [5.74, 6) is -4.74. The lowest BCUT2D eigenvalue weighted by molar-refractivity contribution is -0.385. The Balaban J connectivity index is 2.00. The number of carbonyl (C=O) groups excluding carboxylic acids is 5. The maximum atomic E-state index is 13.8. The number of ether oxygens (including phenoxy) is 1. The zero-order chi connectivity index (χ0) is 28.8. The Morgan fingerprint density at radius 2 is 1.23 bits per heavy atom. The fourth-order valence-electron chi connectivity index (χ4n) is 4.13. The number of hydrogen-bond acceptors (Lipinski definition) is 8. The summed E-state index contributed by atoms with van der Waals surface area (Å²) in [6.45, 7) is 0.268. The topological polar surface area (TPSA) is 138 Å². The largest absolute Gasteiger partial charge is 0.485 e. The van der Waals surface area contributed by atoms with E-state index in [0.29, 0.717) is 0 Å². The Morgan fingerprint density at radius 1 is 0.700 bits per heavy atom. The Morgan fingerprint density at radius 3 is 1.75 bits per heavy atom. The highest BCUT2D eigenvalue weighted by Gasteiger charge is 2.38. The SMILES string of the molecule is CC(=O)c1cc(C(=O)C(=O)c2ccccc2)c(C(=O)c2ccccc2)c(C(=O)COc2ccccc2)c1[N+](=O)[O-]. The third-order valence-electron chi connectivity index (χ3n) is 6.00. The molecule has 0 spiro atoms. The number of para-hydroxylation sites is 1. The molecule has 0 atom stereocenters. The number of nitro benzene ring substituents is 1. The molecule has 9 heteroatoms. The Kier molecular flexibility index (Phi) is 8.15. The smallest absolute Gasteiger partial charge is 0.291 e. The molecule has 0 radical (unpaired) electrons. The van der Waals surface area contributed by atoms with E-state index < -0.39 is 68.4 Å². The van der Waals surface area contributed by atoms with E-state index in [1.165, 1.54) is 48.5 Å². The van der Waals surface area contributed by atoms with Crippen molar-refractivity contribution in [3.63, 3.8) is 0 Å². The first kappa shape index (κ1) is 27.5. The fraction of sp³-hybridized carbons (Fsp3) is 0.0645. The van der Waals surface area contributed by atoms with Gasteiger partial charge in [-0.3, -0.25) is 34.1 Å². The van der Waals surface area contributed by atoms with Gasteiger partial charge < -0.3 is 4.74 Å². The minimum Gasteiger partial charge on any atom is -0.485 e. The molecule has 0 unspecified atom stereocenters. The molecule has 0 saturated carbocycles. The summed E-state index contributed by atoms with van der Waals surface area (Å²) in [5.41, 5.74) is -3.58. The van der Waals surface area contributed by atoms with Crippen molar-refractivity contribution in [2.75, 3.05) is 6.61 Å². The van der Waals surface area contributed by atoms with Crippen LogP contribution in [0.15, 0.2) is 97.1 Å². The number of benzene rings is 4. The first-order valence-corrected chi connectivity index (χ1v) is 12.0. The van der Waals surface area contributed by atoms with E-state index in [4.69, 9.17) is 4.74 Å². The van der Waals surface area contributed by atoms with Crippen LogP contribution in [0.25, 0.3) is 0 Å². The van der Waals surface area contributed by atoms with E-state index in [0.717, 1.165) is 13.0 Å². The van der Waals surface area contributed by atoms with Gasteiger partial charge in [0.1, 0.15) is 11.3 Å². The summed E-state index contributed by atoms with van der Waals surface area (Å²) in [6, 6.07) is 23.9. The van der Waals surface area contributed by atoms with Gasteiger partial charge in [0, 0.05) is 16.7 Å². The van der Waals surface area contributed by atoms with Crippen molar-refractivity contribution < 1.29 is 33.6 Å². The second-order valence-electron chi connectivity index (χ2n) is 8.63. The van der Waals surface area contributed by atoms with Crippen molar-refractivity contribution in [2.45, 2.75) is 6.92 Å². The average molecular weight is 536 g/mol. The number of Topliss-reactive ketones (excluding diaryl/α,β-unsaturated/α-hetero) is 4. The van der Waals surface area contributed by atoms with Gasteiger partial charge in [0.25, 0.3) is 5.69 Å². The third kappa shape index (κ3) is 5.63. The van der Waals surface area contributed by atoms with Crippen LogP contribution in [0.4, 0.5) is 5.69 Å². The van der Waals surface area contributed by atoms with Gasteiger partial charge in [-0.05, 0) is 25.1 Å². The summed E-state index contributed by atoms with van der Waals surface area (Å²) >= 11 is 0. The minimum absolute atomic E-state index is 0.00590. The normalized spacial score (nSPS) is 10.4. The van der Waals surface area contributed by atoms with Gasteiger partial charge in [0.05, 0.1) is 16.1 Å². The second-order valence-corrected chi connectivity index (χ2v) is 8.63. The molecule has 4 aromatic carbocycles. The van der Waals surface area contributed by atoms with Crippen LogP contribution in [0, 0.1) is 10.1 Å². The molecule has 0 N–H and O–H groups in total. The van der Waals surface area contributed by atoms with Gasteiger partial charge in [-0.15, -0.1) is 0 Å². The summed E-state index contributed by atoms with van der Waals surface area (Å²) in [5, 5.41) is 12.3. The van der Waals surface area contributed by atoms with Gasteiger partial charge in [-0.1, -0.05) is 78.9 Å². The Labute approximate surface area is 228 Å². The second kappa shape index (κ2) is 11.9. The van der Waals surface area contributed by atoms with Crippen LogP contribution >= 0.6 is 0 Å². The predicted molar refractivity (Wildman–Crippen MR) is 144 cm³/mol. The molecule has 0 fully saturated rings. The summed E-state index contributed by atoms with van der Waals surface area (Å²) in [4.78, 5) is 78.0. The maximum Gasteiger partial charge on any atom is 0.291 e.